The lowest BCUT2D eigenvalue weighted by molar-refractivity contribution is -0.156. The smallest absolute Gasteiger partial charge is 0.310 e. The van der Waals surface area contributed by atoms with Crippen LogP contribution >= 0.6 is 0 Å². The number of esters is 1. The molecule has 3 unspecified atom stereocenters. The molecule has 1 saturated carbocycles. The molecule has 0 amide bonds. The van der Waals surface area contributed by atoms with Gasteiger partial charge in [0.2, 0.25) is 0 Å². The number of rotatable bonds is 6. The summed E-state index contributed by atoms with van der Waals surface area (Å²) in [4.78, 5) is 11.9. The highest BCUT2D eigenvalue weighted by Gasteiger charge is 2.26. The van der Waals surface area contributed by atoms with Gasteiger partial charge in [-0.15, -0.1) is 0 Å². The second-order valence-corrected chi connectivity index (χ2v) is 5.22. The molecular formula is C14H27NO2. The molecule has 0 aromatic carbocycles. The van der Waals surface area contributed by atoms with Gasteiger partial charge >= 0.3 is 5.97 Å². The lowest BCUT2D eigenvalue weighted by atomic mass is 9.85. The van der Waals surface area contributed by atoms with Crippen molar-refractivity contribution in [2.24, 2.45) is 17.6 Å². The molecule has 0 spiro atoms. The van der Waals surface area contributed by atoms with Crippen molar-refractivity contribution in [2.45, 2.75) is 64.9 Å². The van der Waals surface area contributed by atoms with Gasteiger partial charge in [0.25, 0.3) is 0 Å². The van der Waals surface area contributed by atoms with Crippen LogP contribution in [0.5, 0.6) is 0 Å². The van der Waals surface area contributed by atoms with Crippen molar-refractivity contribution in [1.29, 1.82) is 0 Å². The van der Waals surface area contributed by atoms with E-state index in [0.29, 0.717) is 6.54 Å². The maximum absolute atomic E-state index is 11.9. The van der Waals surface area contributed by atoms with E-state index in [1.165, 1.54) is 19.3 Å². The zero-order valence-corrected chi connectivity index (χ0v) is 11.3. The van der Waals surface area contributed by atoms with Crippen LogP contribution in [-0.4, -0.2) is 18.6 Å². The third kappa shape index (κ3) is 4.66. The molecule has 0 aromatic heterocycles. The highest BCUT2D eigenvalue weighted by atomic mass is 16.5. The average Bonchev–Trinajstić information content (AvgIpc) is 2.36. The third-order valence-corrected chi connectivity index (χ3v) is 3.85. The molecule has 1 aliphatic carbocycles. The number of carbonyl (C=O) groups is 1. The van der Waals surface area contributed by atoms with E-state index in [1.54, 1.807) is 0 Å². The van der Waals surface area contributed by atoms with Crippen molar-refractivity contribution in [3.63, 3.8) is 0 Å². The van der Waals surface area contributed by atoms with Crippen molar-refractivity contribution in [1.82, 2.24) is 0 Å². The van der Waals surface area contributed by atoms with E-state index < -0.39 is 0 Å². The Balaban J connectivity index is 2.38. The molecular weight excluding hydrogens is 214 g/mol. The summed E-state index contributed by atoms with van der Waals surface area (Å²) in [5.74, 6) is 0.571. The van der Waals surface area contributed by atoms with E-state index in [0.717, 1.165) is 31.6 Å². The largest absolute Gasteiger partial charge is 0.462 e. The number of hydrogen-bond donors (Lipinski definition) is 1. The molecule has 0 aromatic rings. The van der Waals surface area contributed by atoms with Crippen LogP contribution in [0.15, 0.2) is 0 Å². The summed E-state index contributed by atoms with van der Waals surface area (Å²) in [6, 6.07) is 0. The number of hydrogen-bond acceptors (Lipinski definition) is 3. The Hall–Kier alpha value is -0.570. The first-order valence-electron chi connectivity index (χ1n) is 7.11. The monoisotopic (exact) mass is 241 g/mol. The molecule has 0 heterocycles. The predicted molar refractivity (Wildman–Crippen MR) is 69.6 cm³/mol. The summed E-state index contributed by atoms with van der Waals surface area (Å²) in [5, 5.41) is 0. The Morgan fingerprint density at radius 3 is 2.76 bits per heavy atom. The summed E-state index contributed by atoms with van der Waals surface area (Å²) in [6.45, 7) is 4.70. The van der Waals surface area contributed by atoms with Gasteiger partial charge in [0.05, 0.1) is 5.92 Å². The fraction of sp³-hybridized carbons (Fsp3) is 0.929. The van der Waals surface area contributed by atoms with Crippen molar-refractivity contribution in [2.75, 3.05) is 6.54 Å². The first-order valence-corrected chi connectivity index (χ1v) is 7.11. The standard InChI is InChI=1S/C14H27NO2/c1-3-6-12(10-15)14(16)17-13-8-5-7-11(4-2)9-13/h11-13H,3-10,15H2,1-2H3. The fourth-order valence-electron chi connectivity index (χ4n) is 2.66. The molecule has 3 nitrogen and oxygen atoms in total. The molecule has 17 heavy (non-hydrogen) atoms. The quantitative estimate of drug-likeness (QED) is 0.727. The molecule has 1 rings (SSSR count). The van der Waals surface area contributed by atoms with Gasteiger partial charge in [-0.05, 0) is 31.6 Å². The lowest BCUT2D eigenvalue weighted by Gasteiger charge is -2.29. The van der Waals surface area contributed by atoms with Gasteiger partial charge in [-0.1, -0.05) is 33.1 Å². The zero-order valence-electron chi connectivity index (χ0n) is 11.3. The van der Waals surface area contributed by atoms with E-state index in [-0.39, 0.29) is 18.0 Å². The van der Waals surface area contributed by atoms with Gasteiger partial charge in [-0.3, -0.25) is 4.79 Å². The van der Waals surface area contributed by atoms with Crippen molar-refractivity contribution < 1.29 is 9.53 Å². The summed E-state index contributed by atoms with van der Waals surface area (Å²) in [5.41, 5.74) is 5.62. The summed E-state index contributed by atoms with van der Waals surface area (Å²) in [7, 11) is 0. The average molecular weight is 241 g/mol. The topological polar surface area (TPSA) is 52.3 Å². The molecule has 0 saturated heterocycles. The minimum absolute atomic E-state index is 0.0731. The first kappa shape index (κ1) is 14.5. The Kier molecular flexibility index (Phi) is 6.56. The molecule has 0 aliphatic heterocycles. The van der Waals surface area contributed by atoms with Crippen LogP contribution in [0.3, 0.4) is 0 Å². The second kappa shape index (κ2) is 7.70. The molecule has 1 aliphatic rings. The first-order chi connectivity index (χ1) is 8.21. The van der Waals surface area contributed by atoms with Gasteiger partial charge in [0.15, 0.2) is 0 Å². The molecule has 0 radical (unpaired) electrons. The summed E-state index contributed by atoms with van der Waals surface area (Å²) in [6.07, 6.45) is 7.74. The third-order valence-electron chi connectivity index (χ3n) is 3.85. The second-order valence-electron chi connectivity index (χ2n) is 5.22. The highest BCUT2D eigenvalue weighted by Crippen LogP contribution is 2.29. The van der Waals surface area contributed by atoms with Crippen LogP contribution in [0.1, 0.15) is 58.8 Å². The summed E-state index contributed by atoms with van der Waals surface area (Å²) < 4.78 is 5.61. The minimum Gasteiger partial charge on any atom is -0.462 e. The minimum atomic E-state index is -0.0954. The summed E-state index contributed by atoms with van der Waals surface area (Å²) >= 11 is 0. The van der Waals surface area contributed by atoms with E-state index in [1.807, 2.05) is 0 Å². The van der Waals surface area contributed by atoms with Crippen LogP contribution in [0.25, 0.3) is 0 Å². The van der Waals surface area contributed by atoms with Crippen molar-refractivity contribution in [3.8, 4) is 0 Å². The molecule has 0 bridgehead atoms. The van der Waals surface area contributed by atoms with Gasteiger partial charge in [0, 0.05) is 6.54 Å². The van der Waals surface area contributed by atoms with Gasteiger partial charge < -0.3 is 10.5 Å². The number of carbonyl (C=O) groups excluding carboxylic acids is 1. The molecule has 1 fully saturated rings. The van der Waals surface area contributed by atoms with Crippen LogP contribution in [0, 0.1) is 11.8 Å². The maximum Gasteiger partial charge on any atom is 0.310 e. The Labute approximate surface area is 105 Å². The van der Waals surface area contributed by atoms with Crippen LogP contribution in [0.4, 0.5) is 0 Å². The molecule has 3 heteroatoms. The van der Waals surface area contributed by atoms with E-state index in [9.17, 15) is 4.79 Å². The number of nitrogens with two attached hydrogens (primary N) is 1. The predicted octanol–water partition coefficient (Wildman–Crippen LogP) is 2.87. The Morgan fingerprint density at radius 2 is 2.18 bits per heavy atom. The Bertz CT molecular complexity index is 230. The highest BCUT2D eigenvalue weighted by molar-refractivity contribution is 5.72. The van der Waals surface area contributed by atoms with Gasteiger partial charge in [-0.25, -0.2) is 0 Å². The maximum atomic E-state index is 11.9. The zero-order chi connectivity index (χ0) is 12.7. The fourth-order valence-corrected chi connectivity index (χ4v) is 2.66. The number of ether oxygens (including phenoxy) is 1. The van der Waals surface area contributed by atoms with Crippen molar-refractivity contribution in [3.05, 3.63) is 0 Å². The van der Waals surface area contributed by atoms with Crippen molar-refractivity contribution >= 4 is 5.97 Å². The van der Waals surface area contributed by atoms with Gasteiger partial charge in [-0.2, -0.15) is 0 Å². The lowest BCUT2D eigenvalue weighted by Crippen LogP contribution is -2.31. The van der Waals surface area contributed by atoms with E-state index in [4.69, 9.17) is 10.5 Å². The van der Waals surface area contributed by atoms with Gasteiger partial charge in [0.1, 0.15) is 6.10 Å². The molecule has 3 atom stereocenters. The van der Waals surface area contributed by atoms with E-state index in [2.05, 4.69) is 13.8 Å². The SMILES string of the molecule is CCCC(CN)C(=O)OC1CCCC(CC)C1. The van der Waals surface area contributed by atoms with Crippen LogP contribution in [-0.2, 0) is 9.53 Å². The van der Waals surface area contributed by atoms with E-state index >= 15 is 0 Å². The molecule has 100 valence electrons. The Morgan fingerprint density at radius 1 is 1.41 bits per heavy atom. The van der Waals surface area contributed by atoms with Crippen LogP contribution < -0.4 is 5.73 Å². The van der Waals surface area contributed by atoms with Crippen LogP contribution in [0.2, 0.25) is 0 Å². The normalized spacial score (nSPS) is 26.5. The molecule has 2 N–H and O–H groups in total.